The van der Waals surface area contributed by atoms with Gasteiger partial charge in [0, 0.05) is 27.8 Å². The highest BCUT2D eigenvalue weighted by atomic mass is 79.9. The number of rotatable bonds is 6. The molecule has 1 aromatic heterocycles. The van der Waals surface area contributed by atoms with Gasteiger partial charge in [-0.3, -0.25) is 9.59 Å². The number of hydrogen-bond donors (Lipinski definition) is 1. The van der Waals surface area contributed by atoms with Crippen LogP contribution in [-0.4, -0.2) is 11.7 Å². The first-order valence-corrected chi connectivity index (χ1v) is 8.35. The van der Waals surface area contributed by atoms with E-state index < -0.39 is 0 Å². The Morgan fingerprint density at radius 2 is 1.90 bits per heavy atom. The maximum absolute atomic E-state index is 12.0. The fraction of sp³-hybridized carbons (Fsp3) is 0.250. The van der Waals surface area contributed by atoms with Gasteiger partial charge in [0.15, 0.2) is 5.78 Å². The summed E-state index contributed by atoms with van der Waals surface area (Å²) < 4.78 is 0.932. The predicted molar refractivity (Wildman–Crippen MR) is 88.6 cm³/mol. The average Bonchev–Trinajstić information content (AvgIpc) is 3.00. The number of Topliss-reactive ketones (excluding diaryl/α,β-unsaturated/α-hetero) is 1. The minimum absolute atomic E-state index is 0.0126. The van der Waals surface area contributed by atoms with E-state index in [4.69, 9.17) is 0 Å². The van der Waals surface area contributed by atoms with E-state index in [2.05, 4.69) is 21.2 Å². The van der Waals surface area contributed by atoms with Crippen molar-refractivity contribution in [3.8, 4) is 0 Å². The summed E-state index contributed by atoms with van der Waals surface area (Å²) in [5.41, 5.74) is 0.636. The van der Waals surface area contributed by atoms with Crippen LogP contribution in [0.4, 0.5) is 0 Å². The number of carbonyl (C=O) groups excluding carboxylic acids is 2. The Bertz CT molecular complexity index is 608. The normalized spacial score (nSPS) is 11.9. The number of nitrogens with one attached hydrogen (secondary N) is 1. The molecule has 1 N–H and O–H groups in total. The number of thiophene rings is 1. The van der Waals surface area contributed by atoms with E-state index in [-0.39, 0.29) is 30.6 Å². The molecule has 3 nitrogen and oxygen atoms in total. The lowest BCUT2D eigenvalue weighted by Crippen LogP contribution is -2.26. The highest BCUT2D eigenvalue weighted by Gasteiger charge is 2.13. The van der Waals surface area contributed by atoms with Crippen molar-refractivity contribution in [3.63, 3.8) is 0 Å². The van der Waals surface area contributed by atoms with Crippen molar-refractivity contribution in [3.05, 3.63) is 56.7 Å². The zero-order chi connectivity index (χ0) is 15.2. The molecular formula is C16H16BrNO2S. The molecule has 0 aliphatic carbocycles. The minimum Gasteiger partial charge on any atom is -0.349 e. The molecule has 110 valence electrons. The van der Waals surface area contributed by atoms with Gasteiger partial charge in [-0.05, 0) is 30.5 Å². The zero-order valence-corrected chi connectivity index (χ0v) is 14.0. The standard InChI is InChI=1S/C16H16BrNO2S/c1-11(15-3-2-10-21-15)18-16(20)9-8-14(19)12-4-6-13(17)7-5-12/h2-7,10-11H,8-9H2,1H3,(H,18,20). The Hall–Kier alpha value is -1.46. The summed E-state index contributed by atoms with van der Waals surface area (Å²) in [6.07, 6.45) is 0.440. The lowest BCUT2D eigenvalue weighted by molar-refractivity contribution is -0.121. The van der Waals surface area contributed by atoms with Crippen LogP contribution in [0.15, 0.2) is 46.3 Å². The predicted octanol–water partition coefficient (Wildman–Crippen LogP) is 4.35. The third-order valence-electron chi connectivity index (χ3n) is 3.09. The summed E-state index contributed by atoms with van der Waals surface area (Å²) in [5, 5.41) is 4.89. The fourth-order valence-electron chi connectivity index (χ4n) is 1.93. The molecule has 2 rings (SSSR count). The summed E-state index contributed by atoms with van der Waals surface area (Å²) in [7, 11) is 0. The Morgan fingerprint density at radius 1 is 1.19 bits per heavy atom. The van der Waals surface area contributed by atoms with Crippen molar-refractivity contribution in [2.24, 2.45) is 0 Å². The highest BCUT2D eigenvalue weighted by molar-refractivity contribution is 9.10. The molecule has 1 heterocycles. The molecule has 21 heavy (non-hydrogen) atoms. The fourth-order valence-corrected chi connectivity index (χ4v) is 2.93. The summed E-state index contributed by atoms with van der Waals surface area (Å²) in [5.74, 6) is -0.109. The van der Waals surface area contributed by atoms with Crippen LogP contribution in [0.1, 0.15) is 41.0 Å². The van der Waals surface area contributed by atoms with Crippen LogP contribution in [-0.2, 0) is 4.79 Å². The Kier molecular flexibility index (Phi) is 5.70. The largest absolute Gasteiger partial charge is 0.349 e. The number of ketones is 1. The van der Waals surface area contributed by atoms with E-state index in [0.717, 1.165) is 9.35 Å². The lowest BCUT2D eigenvalue weighted by Gasteiger charge is -2.11. The SMILES string of the molecule is CC(NC(=O)CCC(=O)c1ccc(Br)cc1)c1cccs1. The smallest absolute Gasteiger partial charge is 0.220 e. The number of carbonyl (C=O) groups is 2. The van der Waals surface area contributed by atoms with Crippen LogP contribution in [0, 0.1) is 0 Å². The third-order valence-corrected chi connectivity index (χ3v) is 4.68. The molecule has 0 aliphatic heterocycles. The molecule has 0 saturated heterocycles. The average molecular weight is 366 g/mol. The van der Waals surface area contributed by atoms with Crippen LogP contribution in [0.25, 0.3) is 0 Å². The van der Waals surface area contributed by atoms with Crippen LogP contribution in [0.3, 0.4) is 0 Å². The molecule has 0 radical (unpaired) electrons. The number of hydrogen-bond acceptors (Lipinski definition) is 3. The van der Waals surface area contributed by atoms with Crippen molar-refractivity contribution in [1.82, 2.24) is 5.32 Å². The van der Waals surface area contributed by atoms with Gasteiger partial charge in [0.2, 0.25) is 5.91 Å². The van der Waals surface area contributed by atoms with Gasteiger partial charge >= 0.3 is 0 Å². The molecule has 1 amide bonds. The Labute approximate surface area is 136 Å². The molecule has 0 aliphatic rings. The second-order valence-corrected chi connectivity index (χ2v) is 6.63. The molecule has 2 aromatic rings. The topological polar surface area (TPSA) is 46.2 Å². The summed E-state index contributed by atoms with van der Waals surface area (Å²) >= 11 is 4.94. The summed E-state index contributed by atoms with van der Waals surface area (Å²) in [6.45, 7) is 1.94. The summed E-state index contributed by atoms with van der Waals surface area (Å²) in [4.78, 5) is 25.0. The van der Waals surface area contributed by atoms with Crippen molar-refractivity contribution in [1.29, 1.82) is 0 Å². The number of amides is 1. The van der Waals surface area contributed by atoms with Gasteiger partial charge in [-0.1, -0.05) is 34.1 Å². The minimum atomic E-state index is -0.0960. The molecule has 0 saturated carbocycles. The molecule has 1 unspecified atom stereocenters. The maximum atomic E-state index is 12.0. The molecule has 5 heteroatoms. The van der Waals surface area contributed by atoms with Gasteiger partial charge in [0.1, 0.15) is 0 Å². The summed E-state index contributed by atoms with van der Waals surface area (Å²) in [6, 6.07) is 11.1. The number of halogens is 1. The van der Waals surface area contributed by atoms with E-state index >= 15 is 0 Å². The Balaban J connectivity index is 1.81. The van der Waals surface area contributed by atoms with Gasteiger partial charge in [-0.2, -0.15) is 0 Å². The highest BCUT2D eigenvalue weighted by Crippen LogP contribution is 2.18. The van der Waals surface area contributed by atoms with E-state index in [1.807, 2.05) is 36.6 Å². The van der Waals surface area contributed by atoms with Crippen LogP contribution in [0.2, 0.25) is 0 Å². The van der Waals surface area contributed by atoms with Gasteiger partial charge in [-0.25, -0.2) is 0 Å². The van der Waals surface area contributed by atoms with Gasteiger partial charge < -0.3 is 5.32 Å². The van der Waals surface area contributed by atoms with E-state index in [9.17, 15) is 9.59 Å². The molecule has 1 aromatic carbocycles. The van der Waals surface area contributed by atoms with Crippen LogP contribution < -0.4 is 5.32 Å². The molecule has 0 fully saturated rings. The van der Waals surface area contributed by atoms with Gasteiger partial charge in [0.25, 0.3) is 0 Å². The first kappa shape index (κ1) is 15.9. The second kappa shape index (κ2) is 7.52. The molecule has 1 atom stereocenters. The second-order valence-electron chi connectivity index (χ2n) is 4.73. The first-order chi connectivity index (χ1) is 10.1. The zero-order valence-electron chi connectivity index (χ0n) is 11.6. The van der Waals surface area contributed by atoms with Crippen molar-refractivity contribution in [2.45, 2.75) is 25.8 Å². The number of benzene rings is 1. The van der Waals surface area contributed by atoms with Crippen molar-refractivity contribution < 1.29 is 9.59 Å². The van der Waals surface area contributed by atoms with Crippen LogP contribution >= 0.6 is 27.3 Å². The van der Waals surface area contributed by atoms with E-state index in [1.165, 1.54) is 0 Å². The van der Waals surface area contributed by atoms with Crippen LogP contribution in [0.5, 0.6) is 0 Å². The monoisotopic (exact) mass is 365 g/mol. The van der Waals surface area contributed by atoms with Crippen molar-refractivity contribution in [2.75, 3.05) is 0 Å². The first-order valence-electron chi connectivity index (χ1n) is 6.68. The lowest BCUT2D eigenvalue weighted by atomic mass is 10.1. The third kappa shape index (κ3) is 4.79. The van der Waals surface area contributed by atoms with Gasteiger partial charge in [-0.15, -0.1) is 11.3 Å². The molecule has 0 bridgehead atoms. The van der Waals surface area contributed by atoms with Crippen molar-refractivity contribution >= 4 is 39.0 Å². The maximum Gasteiger partial charge on any atom is 0.220 e. The Morgan fingerprint density at radius 3 is 2.52 bits per heavy atom. The van der Waals surface area contributed by atoms with E-state index in [0.29, 0.717) is 5.56 Å². The van der Waals surface area contributed by atoms with E-state index in [1.54, 1.807) is 23.5 Å². The van der Waals surface area contributed by atoms with Gasteiger partial charge in [0.05, 0.1) is 6.04 Å². The molecular weight excluding hydrogens is 350 g/mol. The quantitative estimate of drug-likeness (QED) is 0.773. The molecule has 0 spiro atoms.